The van der Waals surface area contributed by atoms with Gasteiger partial charge in [-0.3, -0.25) is 14.6 Å². The molecule has 0 saturated heterocycles. The van der Waals surface area contributed by atoms with Gasteiger partial charge in [-0.05, 0) is 17.7 Å². The summed E-state index contributed by atoms with van der Waals surface area (Å²) in [6.07, 6.45) is 3.36. The van der Waals surface area contributed by atoms with E-state index in [9.17, 15) is 9.59 Å². The standard InChI is InChI=1S/C13H18N2O3/c1-10(13(17)18-3)8-15(11(2)16)9-12-4-6-14-7-5-12/h4-7,10H,8-9H2,1-3H3. The maximum Gasteiger partial charge on any atom is 0.310 e. The molecule has 1 aromatic rings. The van der Waals surface area contributed by atoms with Crippen LogP contribution in [-0.2, 0) is 20.9 Å². The zero-order chi connectivity index (χ0) is 13.5. The van der Waals surface area contributed by atoms with Gasteiger partial charge in [-0.2, -0.15) is 0 Å². The van der Waals surface area contributed by atoms with E-state index in [-0.39, 0.29) is 17.8 Å². The van der Waals surface area contributed by atoms with Gasteiger partial charge in [0.2, 0.25) is 5.91 Å². The molecule has 1 atom stereocenters. The zero-order valence-corrected chi connectivity index (χ0v) is 10.9. The molecule has 0 spiro atoms. The Labute approximate surface area is 107 Å². The van der Waals surface area contributed by atoms with Gasteiger partial charge in [-0.25, -0.2) is 0 Å². The lowest BCUT2D eigenvalue weighted by atomic mass is 10.1. The topological polar surface area (TPSA) is 59.5 Å². The van der Waals surface area contributed by atoms with Crippen LogP contribution in [0.5, 0.6) is 0 Å². The number of aromatic nitrogens is 1. The Morgan fingerprint density at radius 1 is 1.39 bits per heavy atom. The molecule has 0 aliphatic carbocycles. The molecular formula is C13H18N2O3. The first-order valence-electron chi connectivity index (χ1n) is 5.76. The second kappa shape index (κ2) is 6.74. The Morgan fingerprint density at radius 2 is 2.00 bits per heavy atom. The van der Waals surface area contributed by atoms with Crippen LogP contribution in [0.4, 0.5) is 0 Å². The van der Waals surface area contributed by atoms with E-state index in [1.807, 2.05) is 12.1 Å². The van der Waals surface area contributed by atoms with Crippen molar-refractivity contribution in [2.45, 2.75) is 20.4 Å². The van der Waals surface area contributed by atoms with Gasteiger partial charge in [0.25, 0.3) is 0 Å². The Hall–Kier alpha value is -1.91. The second-order valence-corrected chi connectivity index (χ2v) is 4.18. The molecule has 0 fully saturated rings. The van der Waals surface area contributed by atoms with Crippen LogP contribution in [0.2, 0.25) is 0 Å². The third-order valence-corrected chi connectivity index (χ3v) is 2.67. The van der Waals surface area contributed by atoms with Gasteiger partial charge in [0.1, 0.15) is 0 Å². The number of ether oxygens (including phenoxy) is 1. The summed E-state index contributed by atoms with van der Waals surface area (Å²) >= 11 is 0. The highest BCUT2D eigenvalue weighted by atomic mass is 16.5. The Bertz CT molecular complexity index is 406. The number of hydrogen-bond donors (Lipinski definition) is 0. The van der Waals surface area contributed by atoms with Crippen LogP contribution in [0.15, 0.2) is 24.5 Å². The third-order valence-electron chi connectivity index (χ3n) is 2.67. The molecule has 0 bridgehead atoms. The monoisotopic (exact) mass is 250 g/mol. The quantitative estimate of drug-likeness (QED) is 0.738. The highest BCUT2D eigenvalue weighted by molar-refractivity contribution is 5.76. The molecule has 0 radical (unpaired) electrons. The molecule has 1 heterocycles. The molecule has 1 aromatic heterocycles. The lowest BCUT2D eigenvalue weighted by Crippen LogP contribution is -2.35. The number of pyridine rings is 1. The summed E-state index contributed by atoms with van der Waals surface area (Å²) in [5.74, 6) is -0.709. The van der Waals surface area contributed by atoms with Crippen molar-refractivity contribution in [1.29, 1.82) is 0 Å². The third kappa shape index (κ3) is 4.16. The molecule has 1 amide bonds. The maximum atomic E-state index is 11.6. The lowest BCUT2D eigenvalue weighted by Gasteiger charge is -2.23. The van der Waals surface area contributed by atoms with Crippen LogP contribution in [0.3, 0.4) is 0 Å². The van der Waals surface area contributed by atoms with Crippen molar-refractivity contribution >= 4 is 11.9 Å². The minimum absolute atomic E-state index is 0.0671. The van der Waals surface area contributed by atoms with Gasteiger partial charge in [0.05, 0.1) is 13.0 Å². The van der Waals surface area contributed by atoms with Crippen molar-refractivity contribution < 1.29 is 14.3 Å². The van der Waals surface area contributed by atoms with E-state index in [2.05, 4.69) is 9.72 Å². The molecular weight excluding hydrogens is 232 g/mol. The molecule has 98 valence electrons. The minimum atomic E-state index is -0.333. The van der Waals surface area contributed by atoms with Gasteiger partial charge in [-0.1, -0.05) is 6.92 Å². The fourth-order valence-corrected chi connectivity index (χ4v) is 1.62. The van der Waals surface area contributed by atoms with Gasteiger partial charge >= 0.3 is 5.97 Å². The average molecular weight is 250 g/mol. The lowest BCUT2D eigenvalue weighted by molar-refractivity contribution is -0.146. The number of methoxy groups -OCH3 is 1. The number of hydrogen-bond acceptors (Lipinski definition) is 4. The van der Waals surface area contributed by atoms with Crippen molar-refractivity contribution in [3.63, 3.8) is 0 Å². The summed E-state index contributed by atoms with van der Waals surface area (Å²) in [6, 6.07) is 3.69. The first kappa shape index (κ1) is 14.2. The summed E-state index contributed by atoms with van der Waals surface area (Å²) in [7, 11) is 1.35. The smallest absolute Gasteiger partial charge is 0.310 e. The minimum Gasteiger partial charge on any atom is -0.469 e. The van der Waals surface area contributed by atoms with Gasteiger partial charge < -0.3 is 9.64 Å². The molecule has 5 heteroatoms. The van der Waals surface area contributed by atoms with E-state index < -0.39 is 0 Å². The number of esters is 1. The van der Waals surface area contributed by atoms with Crippen molar-refractivity contribution in [3.8, 4) is 0 Å². The molecule has 5 nitrogen and oxygen atoms in total. The summed E-state index contributed by atoms with van der Waals surface area (Å²) in [5.41, 5.74) is 0.984. The van der Waals surface area contributed by atoms with Crippen molar-refractivity contribution in [2.24, 2.45) is 5.92 Å². The molecule has 0 saturated carbocycles. The number of rotatable bonds is 5. The largest absolute Gasteiger partial charge is 0.469 e. The van der Waals surface area contributed by atoms with Crippen LogP contribution < -0.4 is 0 Å². The van der Waals surface area contributed by atoms with E-state index in [1.165, 1.54) is 14.0 Å². The predicted molar refractivity (Wildman–Crippen MR) is 66.5 cm³/mol. The van der Waals surface area contributed by atoms with Gasteiger partial charge in [-0.15, -0.1) is 0 Å². The number of amides is 1. The van der Waals surface area contributed by atoms with Crippen molar-refractivity contribution in [2.75, 3.05) is 13.7 Å². The summed E-state index contributed by atoms with van der Waals surface area (Å²) in [5, 5.41) is 0. The fourth-order valence-electron chi connectivity index (χ4n) is 1.62. The Kier molecular flexibility index (Phi) is 5.30. The highest BCUT2D eigenvalue weighted by Gasteiger charge is 2.19. The van der Waals surface area contributed by atoms with E-state index in [4.69, 9.17) is 0 Å². The van der Waals surface area contributed by atoms with Crippen LogP contribution in [0.25, 0.3) is 0 Å². The first-order valence-corrected chi connectivity index (χ1v) is 5.76. The summed E-state index contributed by atoms with van der Waals surface area (Å²) in [6.45, 7) is 4.06. The molecule has 18 heavy (non-hydrogen) atoms. The van der Waals surface area contributed by atoms with Crippen LogP contribution >= 0.6 is 0 Å². The first-order chi connectivity index (χ1) is 8.54. The molecule has 1 rings (SSSR count). The fraction of sp³-hybridized carbons (Fsp3) is 0.462. The van der Waals surface area contributed by atoms with Crippen LogP contribution in [0.1, 0.15) is 19.4 Å². The zero-order valence-electron chi connectivity index (χ0n) is 10.9. The number of carbonyl (C=O) groups excluding carboxylic acids is 2. The normalized spacial score (nSPS) is 11.7. The van der Waals surface area contributed by atoms with Gasteiger partial charge in [0.15, 0.2) is 0 Å². The number of carbonyl (C=O) groups is 2. The van der Waals surface area contributed by atoms with E-state index >= 15 is 0 Å². The maximum absolute atomic E-state index is 11.6. The molecule has 0 aliphatic heterocycles. The molecule has 0 aliphatic rings. The summed E-state index contributed by atoms with van der Waals surface area (Å²) in [4.78, 5) is 28.4. The van der Waals surface area contributed by atoms with Crippen molar-refractivity contribution in [3.05, 3.63) is 30.1 Å². The molecule has 0 aromatic carbocycles. The van der Waals surface area contributed by atoms with E-state index in [1.54, 1.807) is 24.2 Å². The Morgan fingerprint density at radius 3 is 2.50 bits per heavy atom. The Balaban J connectivity index is 2.67. The second-order valence-electron chi connectivity index (χ2n) is 4.18. The predicted octanol–water partition coefficient (Wildman–Crippen LogP) is 1.24. The summed E-state index contributed by atoms with van der Waals surface area (Å²) < 4.78 is 4.66. The molecule has 0 N–H and O–H groups in total. The van der Waals surface area contributed by atoms with Crippen molar-refractivity contribution in [1.82, 2.24) is 9.88 Å². The van der Waals surface area contributed by atoms with E-state index in [0.29, 0.717) is 13.1 Å². The van der Waals surface area contributed by atoms with E-state index in [0.717, 1.165) is 5.56 Å². The molecule has 1 unspecified atom stereocenters. The van der Waals surface area contributed by atoms with Crippen LogP contribution in [0, 0.1) is 5.92 Å². The SMILES string of the molecule is COC(=O)C(C)CN(Cc1ccncc1)C(C)=O. The number of nitrogens with zero attached hydrogens (tertiary/aromatic N) is 2. The average Bonchev–Trinajstić information content (AvgIpc) is 2.37. The van der Waals surface area contributed by atoms with Gasteiger partial charge in [0, 0.05) is 32.4 Å². The highest BCUT2D eigenvalue weighted by Crippen LogP contribution is 2.08. The van der Waals surface area contributed by atoms with Crippen LogP contribution in [-0.4, -0.2) is 35.4 Å².